The van der Waals surface area contributed by atoms with Gasteiger partial charge in [0.15, 0.2) is 18.1 Å². The Hall–Kier alpha value is -2.69. The Balaban J connectivity index is 1.71. The number of hydrogen-bond acceptors (Lipinski definition) is 4. The highest BCUT2D eigenvalue weighted by Gasteiger charge is 2.06. The third kappa shape index (κ3) is 5.19. The fourth-order valence-electron chi connectivity index (χ4n) is 2.15. The predicted octanol–water partition coefficient (Wildman–Crippen LogP) is 2.89. The first-order valence-electron chi connectivity index (χ1n) is 7.82. The smallest absolute Gasteiger partial charge is 0.258 e. The van der Waals surface area contributed by atoms with Crippen LogP contribution in [0.2, 0.25) is 0 Å². The molecule has 24 heavy (non-hydrogen) atoms. The van der Waals surface area contributed by atoms with E-state index in [0.29, 0.717) is 24.7 Å². The van der Waals surface area contributed by atoms with Gasteiger partial charge in [0.05, 0.1) is 13.7 Å². The highest BCUT2D eigenvalue weighted by atomic mass is 16.5. The van der Waals surface area contributed by atoms with Crippen LogP contribution in [0.25, 0.3) is 0 Å². The van der Waals surface area contributed by atoms with Crippen molar-refractivity contribution in [3.8, 4) is 17.2 Å². The summed E-state index contributed by atoms with van der Waals surface area (Å²) in [5, 5.41) is 2.76. The van der Waals surface area contributed by atoms with E-state index in [1.807, 2.05) is 44.2 Å². The summed E-state index contributed by atoms with van der Waals surface area (Å²) in [6.45, 7) is 4.77. The summed E-state index contributed by atoms with van der Waals surface area (Å²) in [5.41, 5.74) is 2.22. The van der Waals surface area contributed by atoms with Gasteiger partial charge in [-0.3, -0.25) is 4.79 Å². The number of nitrogens with one attached hydrogen (secondary N) is 1. The number of carbonyl (C=O) groups excluding carboxylic acids is 1. The molecule has 1 amide bonds. The first kappa shape index (κ1) is 17.7. The number of benzene rings is 2. The lowest BCUT2D eigenvalue weighted by molar-refractivity contribution is -0.123. The molecule has 0 atom stereocenters. The van der Waals surface area contributed by atoms with Gasteiger partial charge in [0.1, 0.15) is 12.4 Å². The maximum atomic E-state index is 11.8. The van der Waals surface area contributed by atoms with E-state index in [0.717, 1.165) is 16.9 Å². The maximum Gasteiger partial charge on any atom is 0.258 e. The van der Waals surface area contributed by atoms with Gasteiger partial charge in [0.25, 0.3) is 5.91 Å². The van der Waals surface area contributed by atoms with Crippen LogP contribution in [-0.4, -0.2) is 32.8 Å². The molecule has 2 aromatic rings. The van der Waals surface area contributed by atoms with Gasteiger partial charge in [0.2, 0.25) is 0 Å². The van der Waals surface area contributed by atoms with Crippen LogP contribution < -0.4 is 19.5 Å². The van der Waals surface area contributed by atoms with Crippen LogP contribution in [0.4, 0.5) is 0 Å². The zero-order valence-electron chi connectivity index (χ0n) is 14.3. The molecule has 5 nitrogen and oxygen atoms in total. The van der Waals surface area contributed by atoms with Crippen molar-refractivity contribution in [3.05, 3.63) is 53.6 Å². The molecule has 0 aliphatic rings. The summed E-state index contributed by atoms with van der Waals surface area (Å²) >= 11 is 0. The quantitative estimate of drug-likeness (QED) is 0.757. The molecule has 0 aliphatic carbocycles. The lowest BCUT2D eigenvalue weighted by Gasteiger charge is -2.12. The molecule has 2 rings (SSSR count). The van der Waals surface area contributed by atoms with E-state index in [1.54, 1.807) is 19.2 Å². The van der Waals surface area contributed by atoms with Crippen LogP contribution in [0, 0.1) is 13.8 Å². The Morgan fingerprint density at radius 3 is 2.50 bits per heavy atom. The Morgan fingerprint density at radius 1 is 1.00 bits per heavy atom. The molecular formula is C19H23NO4. The van der Waals surface area contributed by atoms with Gasteiger partial charge in [0, 0.05) is 0 Å². The van der Waals surface area contributed by atoms with Crippen molar-refractivity contribution in [3.63, 3.8) is 0 Å². The molecule has 0 fully saturated rings. The summed E-state index contributed by atoms with van der Waals surface area (Å²) in [6, 6.07) is 13.3. The molecule has 2 aromatic carbocycles. The van der Waals surface area contributed by atoms with Crippen LogP contribution in [0.15, 0.2) is 42.5 Å². The Labute approximate surface area is 142 Å². The van der Waals surface area contributed by atoms with Gasteiger partial charge in [-0.15, -0.1) is 0 Å². The molecular weight excluding hydrogens is 306 g/mol. The number of para-hydroxylation sites is 2. The number of hydrogen-bond donors (Lipinski definition) is 1. The summed E-state index contributed by atoms with van der Waals surface area (Å²) in [5.74, 6) is 1.78. The zero-order chi connectivity index (χ0) is 17.4. The Bertz CT molecular complexity index is 685. The third-order valence-corrected chi connectivity index (χ3v) is 3.45. The molecule has 0 aromatic heterocycles. The van der Waals surface area contributed by atoms with Gasteiger partial charge in [-0.1, -0.05) is 24.3 Å². The Kier molecular flexibility index (Phi) is 6.49. The summed E-state index contributed by atoms with van der Waals surface area (Å²) in [6.07, 6.45) is 0. The van der Waals surface area contributed by atoms with Gasteiger partial charge in [-0.05, 0) is 43.2 Å². The molecule has 0 unspecified atom stereocenters. The van der Waals surface area contributed by atoms with E-state index < -0.39 is 0 Å². The minimum Gasteiger partial charge on any atom is -0.493 e. The molecule has 128 valence electrons. The number of methoxy groups -OCH3 is 1. The fraction of sp³-hybridized carbons (Fsp3) is 0.316. The zero-order valence-corrected chi connectivity index (χ0v) is 14.3. The molecule has 0 radical (unpaired) electrons. The average molecular weight is 329 g/mol. The summed E-state index contributed by atoms with van der Waals surface area (Å²) in [7, 11) is 1.56. The van der Waals surface area contributed by atoms with Gasteiger partial charge >= 0.3 is 0 Å². The van der Waals surface area contributed by atoms with Crippen molar-refractivity contribution in [1.82, 2.24) is 5.32 Å². The van der Waals surface area contributed by atoms with E-state index in [4.69, 9.17) is 14.2 Å². The lowest BCUT2D eigenvalue weighted by Crippen LogP contribution is -2.32. The van der Waals surface area contributed by atoms with Gasteiger partial charge < -0.3 is 19.5 Å². The van der Waals surface area contributed by atoms with E-state index >= 15 is 0 Å². The van der Waals surface area contributed by atoms with E-state index in [2.05, 4.69) is 5.32 Å². The van der Waals surface area contributed by atoms with Crippen LogP contribution >= 0.6 is 0 Å². The highest BCUT2D eigenvalue weighted by Crippen LogP contribution is 2.25. The van der Waals surface area contributed by atoms with Crippen molar-refractivity contribution in [2.24, 2.45) is 0 Å². The normalized spacial score (nSPS) is 10.1. The second-order valence-corrected chi connectivity index (χ2v) is 5.41. The van der Waals surface area contributed by atoms with E-state index in [9.17, 15) is 4.79 Å². The third-order valence-electron chi connectivity index (χ3n) is 3.45. The number of ether oxygens (including phenoxy) is 3. The second-order valence-electron chi connectivity index (χ2n) is 5.41. The van der Waals surface area contributed by atoms with Crippen LogP contribution in [-0.2, 0) is 4.79 Å². The standard InChI is InChI=1S/C19H23NO4/c1-14-8-9-15(2)18(12-14)23-11-10-20-19(21)13-24-17-7-5-4-6-16(17)22-3/h4-9,12H,10-11,13H2,1-3H3,(H,20,21). The molecule has 0 heterocycles. The first-order chi connectivity index (χ1) is 11.6. The molecule has 0 saturated heterocycles. The van der Waals surface area contributed by atoms with Crippen LogP contribution in [0.1, 0.15) is 11.1 Å². The SMILES string of the molecule is COc1ccccc1OCC(=O)NCCOc1cc(C)ccc1C. The number of amides is 1. The van der Waals surface area contributed by atoms with E-state index in [-0.39, 0.29) is 12.5 Å². The lowest BCUT2D eigenvalue weighted by atomic mass is 10.1. The van der Waals surface area contributed by atoms with E-state index in [1.165, 1.54) is 0 Å². The predicted molar refractivity (Wildman–Crippen MR) is 92.9 cm³/mol. The summed E-state index contributed by atoms with van der Waals surface area (Å²) in [4.78, 5) is 11.8. The monoisotopic (exact) mass is 329 g/mol. The molecule has 5 heteroatoms. The topological polar surface area (TPSA) is 56.8 Å². The van der Waals surface area contributed by atoms with Crippen molar-refractivity contribution < 1.29 is 19.0 Å². The van der Waals surface area contributed by atoms with Gasteiger partial charge in [-0.25, -0.2) is 0 Å². The first-order valence-corrected chi connectivity index (χ1v) is 7.82. The van der Waals surface area contributed by atoms with Crippen molar-refractivity contribution in [1.29, 1.82) is 0 Å². The number of aryl methyl sites for hydroxylation is 2. The van der Waals surface area contributed by atoms with Crippen molar-refractivity contribution in [2.45, 2.75) is 13.8 Å². The fourth-order valence-corrected chi connectivity index (χ4v) is 2.15. The minimum absolute atomic E-state index is 0.0656. The molecule has 0 aliphatic heterocycles. The number of carbonyl (C=O) groups is 1. The number of rotatable bonds is 8. The summed E-state index contributed by atoms with van der Waals surface area (Å²) < 4.78 is 16.3. The van der Waals surface area contributed by atoms with Crippen molar-refractivity contribution >= 4 is 5.91 Å². The largest absolute Gasteiger partial charge is 0.493 e. The molecule has 0 spiro atoms. The molecule has 0 saturated carbocycles. The molecule has 1 N–H and O–H groups in total. The molecule has 0 bridgehead atoms. The van der Waals surface area contributed by atoms with Crippen LogP contribution in [0.5, 0.6) is 17.2 Å². The maximum absolute atomic E-state index is 11.8. The minimum atomic E-state index is -0.203. The van der Waals surface area contributed by atoms with Gasteiger partial charge in [-0.2, -0.15) is 0 Å². The average Bonchev–Trinajstić information content (AvgIpc) is 2.60. The highest BCUT2D eigenvalue weighted by molar-refractivity contribution is 5.77. The second kappa shape index (κ2) is 8.82. The Morgan fingerprint density at radius 2 is 1.75 bits per heavy atom. The van der Waals surface area contributed by atoms with Crippen LogP contribution in [0.3, 0.4) is 0 Å². The van der Waals surface area contributed by atoms with Crippen molar-refractivity contribution in [2.75, 3.05) is 26.9 Å².